The first-order valence-corrected chi connectivity index (χ1v) is 11.0. The standard InChI is InChI=1S/C23H31F2N5O2/c1-3-26-23(28-15-17-10-11-27-20(14-17)30-12-5-6-13-30)29-16-18-8-7-9-19(31-4-2)21(18)32-22(24)25/h7-11,14,22H,3-6,12-13,15-16H2,1-2H3,(H2,26,28,29). The van der Waals surface area contributed by atoms with Crippen molar-refractivity contribution in [2.45, 2.75) is 46.4 Å². The SMILES string of the molecule is CCNC(=NCc1ccnc(N2CCCC2)c1)NCc1cccc(OCC)c1OC(F)F. The van der Waals surface area contributed by atoms with Gasteiger partial charge in [0.05, 0.1) is 13.2 Å². The summed E-state index contributed by atoms with van der Waals surface area (Å²) in [5, 5.41) is 6.38. The van der Waals surface area contributed by atoms with E-state index >= 15 is 0 Å². The molecule has 3 rings (SSSR count). The van der Waals surface area contributed by atoms with Gasteiger partial charge in [-0.3, -0.25) is 0 Å². The number of aromatic nitrogens is 1. The summed E-state index contributed by atoms with van der Waals surface area (Å²) >= 11 is 0. The van der Waals surface area contributed by atoms with E-state index in [0.29, 0.717) is 37.0 Å². The minimum atomic E-state index is -2.94. The van der Waals surface area contributed by atoms with E-state index in [1.54, 1.807) is 25.1 Å². The van der Waals surface area contributed by atoms with E-state index in [-0.39, 0.29) is 12.3 Å². The number of anilines is 1. The second-order valence-electron chi connectivity index (χ2n) is 7.32. The van der Waals surface area contributed by atoms with Gasteiger partial charge in [-0.05, 0) is 50.5 Å². The normalized spacial score (nSPS) is 14.0. The summed E-state index contributed by atoms with van der Waals surface area (Å²) in [5.74, 6) is 1.89. The van der Waals surface area contributed by atoms with Crippen molar-refractivity contribution in [2.24, 2.45) is 4.99 Å². The van der Waals surface area contributed by atoms with E-state index in [4.69, 9.17) is 9.47 Å². The summed E-state index contributed by atoms with van der Waals surface area (Å²) in [6, 6.07) is 9.11. The molecule has 0 atom stereocenters. The monoisotopic (exact) mass is 447 g/mol. The van der Waals surface area contributed by atoms with Gasteiger partial charge in [0.2, 0.25) is 0 Å². The molecule has 1 aliphatic heterocycles. The maximum absolute atomic E-state index is 13.0. The van der Waals surface area contributed by atoms with Crippen molar-refractivity contribution in [3.63, 3.8) is 0 Å². The lowest BCUT2D eigenvalue weighted by Crippen LogP contribution is -2.37. The average molecular weight is 448 g/mol. The van der Waals surface area contributed by atoms with Crippen LogP contribution in [0.1, 0.15) is 37.8 Å². The maximum atomic E-state index is 13.0. The number of alkyl halides is 2. The molecule has 1 saturated heterocycles. The van der Waals surface area contributed by atoms with Crippen molar-refractivity contribution < 1.29 is 18.3 Å². The highest BCUT2D eigenvalue weighted by Crippen LogP contribution is 2.32. The van der Waals surface area contributed by atoms with Crippen LogP contribution < -0.4 is 25.0 Å². The Morgan fingerprint density at radius 2 is 2.00 bits per heavy atom. The molecular formula is C23H31F2N5O2. The molecule has 0 saturated carbocycles. The Morgan fingerprint density at radius 3 is 2.72 bits per heavy atom. The first-order valence-electron chi connectivity index (χ1n) is 11.0. The first-order chi connectivity index (χ1) is 15.6. The molecule has 2 aromatic rings. The third kappa shape index (κ3) is 6.70. The van der Waals surface area contributed by atoms with Crippen LogP contribution in [-0.2, 0) is 13.1 Å². The van der Waals surface area contributed by atoms with Gasteiger partial charge in [0, 0.05) is 37.9 Å². The van der Waals surface area contributed by atoms with Gasteiger partial charge in [0.25, 0.3) is 0 Å². The number of ether oxygens (including phenoxy) is 2. The fourth-order valence-corrected chi connectivity index (χ4v) is 3.56. The molecule has 32 heavy (non-hydrogen) atoms. The van der Waals surface area contributed by atoms with Crippen LogP contribution in [-0.4, -0.2) is 43.8 Å². The lowest BCUT2D eigenvalue weighted by Gasteiger charge is -2.17. The Morgan fingerprint density at radius 1 is 1.19 bits per heavy atom. The number of pyridine rings is 1. The van der Waals surface area contributed by atoms with E-state index in [1.165, 1.54) is 12.8 Å². The fourth-order valence-electron chi connectivity index (χ4n) is 3.56. The lowest BCUT2D eigenvalue weighted by molar-refractivity contribution is -0.0520. The molecule has 0 aliphatic carbocycles. The predicted octanol–water partition coefficient (Wildman–Crippen LogP) is 3.94. The van der Waals surface area contributed by atoms with Crippen molar-refractivity contribution >= 4 is 11.8 Å². The molecule has 7 nitrogen and oxygen atoms in total. The predicted molar refractivity (Wildman–Crippen MR) is 122 cm³/mol. The molecular weight excluding hydrogens is 416 g/mol. The second kappa shape index (κ2) is 12.1. The largest absolute Gasteiger partial charge is 0.490 e. The fraction of sp³-hybridized carbons (Fsp3) is 0.478. The van der Waals surface area contributed by atoms with Crippen molar-refractivity contribution in [1.82, 2.24) is 15.6 Å². The van der Waals surface area contributed by atoms with Gasteiger partial charge in [-0.15, -0.1) is 0 Å². The number of para-hydroxylation sites is 1. The molecule has 1 fully saturated rings. The average Bonchev–Trinajstić information content (AvgIpc) is 3.32. The number of nitrogens with one attached hydrogen (secondary N) is 2. The van der Waals surface area contributed by atoms with Crippen LogP contribution >= 0.6 is 0 Å². The van der Waals surface area contributed by atoms with Crippen LogP contribution in [0.3, 0.4) is 0 Å². The number of rotatable bonds is 10. The van der Waals surface area contributed by atoms with E-state index in [2.05, 4.69) is 31.6 Å². The van der Waals surface area contributed by atoms with Crippen molar-refractivity contribution in [3.8, 4) is 11.5 Å². The molecule has 0 bridgehead atoms. The van der Waals surface area contributed by atoms with Crippen LogP contribution in [0.25, 0.3) is 0 Å². The molecule has 9 heteroatoms. The Kier molecular flexibility index (Phi) is 8.89. The van der Waals surface area contributed by atoms with Crippen LogP contribution in [0.2, 0.25) is 0 Å². The van der Waals surface area contributed by atoms with E-state index in [0.717, 1.165) is 24.5 Å². The summed E-state index contributed by atoms with van der Waals surface area (Å²) in [4.78, 5) is 11.4. The zero-order valence-corrected chi connectivity index (χ0v) is 18.6. The third-order valence-corrected chi connectivity index (χ3v) is 5.02. The number of aliphatic imine (C=N–C) groups is 1. The molecule has 0 radical (unpaired) electrons. The Balaban J connectivity index is 1.70. The van der Waals surface area contributed by atoms with Crippen LogP contribution in [0.5, 0.6) is 11.5 Å². The minimum Gasteiger partial charge on any atom is -0.490 e. The van der Waals surface area contributed by atoms with E-state index in [1.807, 2.05) is 19.2 Å². The number of guanidine groups is 1. The molecule has 0 amide bonds. The first kappa shape index (κ1) is 23.6. The number of benzene rings is 1. The third-order valence-electron chi connectivity index (χ3n) is 5.02. The number of hydrogen-bond donors (Lipinski definition) is 2. The maximum Gasteiger partial charge on any atom is 0.387 e. The lowest BCUT2D eigenvalue weighted by atomic mass is 10.2. The highest BCUT2D eigenvalue weighted by molar-refractivity contribution is 5.79. The summed E-state index contributed by atoms with van der Waals surface area (Å²) in [7, 11) is 0. The molecule has 2 heterocycles. The Hall–Kier alpha value is -3.10. The zero-order valence-electron chi connectivity index (χ0n) is 18.6. The summed E-state index contributed by atoms with van der Waals surface area (Å²) in [5.41, 5.74) is 1.61. The molecule has 0 spiro atoms. The summed E-state index contributed by atoms with van der Waals surface area (Å²) in [6.45, 7) is 4.64. The van der Waals surface area contributed by atoms with Gasteiger partial charge in [-0.1, -0.05) is 12.1 Å². The topological polar surface area (TPSA) is 71.0 Å². The van der Waals surface area contributed by atoms with Crippen LogP contribution in [0, 0.1) is 0 Å². The van der Waals surface area contributed by atoms with Gasteiger partial charge in [-0.25, -0.2) is 9.98 Å². The van der Waals surface area contributed by atoms with E-state index < -0.39 is 6.61 Å². The smallest absolute Gasteiger partial charge is 0.387 e. The highest BCUT2D eigenvalue weighted by atomic mass is 19.3. The van der Waals surface area contributed by atoms with Gasteiger partial charge >= 0.3 is 6.61 Å². The van der Waals surface area contributed by atoms with Gasteiger partial charge in [0.1, 0.15) is 5.82 Å². The Labute approximate surface area is 187 Å². The van der Waals surface area contributed by atoms with Gasteiger partial charge < -0.3 is 25.0 Å². The van der Waals surface area contributed by atoms with Crippen LogP contribution in [0.15, 0.2) is 41.5 Å². The van der Waals surface area contributed by atoms with Crippen LogP contribution in [0.4, 0.5) is 14.6 Å². The summed E-state index contributed by atoms with van der Waals surface area (Å²) in [6.07, 6.45) is 4.20. The second-order valence-corrected chi connectivity index (χ2v) is 7.32. The van der Waals surface area contributed by atoms with Gasteiger partial charge in [-0.2, -0.15) is 8.78 Å². The highest BCUT2D eigenvalue weighted by Gasteiger charge is 2.16. The van der Waals surface area contributed by atoms with Gasteiger partial charge in [0.15, 0.2) is 17.5 Å². The van der Waals surface area contributed by atoms with E-state index in [9.17, 15) is 8.78 Å². The number of nitrogens with zero attached hydrogens (tertiary/aromatic N) is 3. The molecule has 1 aliphatic rings. The molecule has 1 aromatic heterocycles. The van der Waals surface area contributed by atoms with Crippen molar-refractivity contribution in [2.75, 3.05) is 31.1 Å². The minimum absolute atomic E-state index is 0.0390. The molecule has 2 N–H and O–H groups in total. The number of halogens is 2. The zero-order chi connectivity index (χ0) is 22.8. The quantitative estimate of drug-likeness (QED) is 0.425. The summed E-state index contributed by atoms with van der Waals surface area (Å²) < 4.78 is 36.1. The van der Waals surface area contributed by atoms with Crippen molar-refractivity contribution in [1.29, 1.82) is 0 Å². The number of hydrogen-bond acceptors (Lipinski definition) is 5. The Bertz CT molecular complexity index is 888. The molecule has 1 aromatic carbocycles. The molecule has 0 unspecified atom stereocenters. The van der Waals surface area contributed by atoms with Crippen molar-refractivity contribution in [3.05, 3.63) is 47.7 Å². The molecule has 174 valence electrons.